The summed E-state index contributed by atoms with van der Waals surface area (Å²) in [6, 6.07) is 0.284. The van der Waals surface area contributed by atoms with Crippen molar-refractivity contribution in [1.82, 2.24) is 10.2 Å². The predicted molar refractivity (Wildman–Crippen MR) is 65.6 cm³/mol. The number of aliphatic hydroxyl groups excluding tert-OH is 1. The monoisotopic (exact) mass is 230 g/mol. The Balaban J connectivity index is 1.94. The second-order valence-electron chi connectivity index (χ2n) is 4.83. The Kier molecular flexibility index (Phi) is 6.96. The van der Waals surface area contributed by atoms with E-state index >= 15 is 0 Å². The quantitative estimate of drug-likeness (QED) is 0.624. The predicted octanol–water partition coefficient (Wildman–Crippen LogP) is 0.458. The number of likely N-dealkylation sites (N-methyl/N-ethyl adjacent to an activating group) is 1. The van der Waals surface area contributed by atoms with Crippen molar-refractivity contribution >= 4 is 0 Å². The molecule has 4 heteroatoms. The molecule has 0 radical (unpaired) electrons. The van der Waals surface area contributed by atoms with E-state index in [4.69, 9.17) is 4.74 Å². The second-order valence-corrected chi connectivity index (χ2v) is 4.83. The largest absolute Gasteiger partial charge is 0.392 e. The standard InChI is InChI=1S/C12H26N2O2/c1-14(2)8-10-16-9-7-13-11-5-3-4-6-12(11)15/h11-13,15H,3-10H2,1-2H3/t11-,12-/m1/s1. The topological polar surface area (TPSA) is 44.7 Å². The van der Waals surface area contributed by atoms with Crippen molar-refractivity contribution in [3.05, 3.63) is 0 Å². The molecule has 96 valence electrons. The van der Waals surface area contributed by atoms with Crippen molar-refractivity contribution in [3.63, 3.8) is 0 Å². The van der Waals surface area contributed by atoms with Crippen LogP contribution in [0.1, 0.15) is 25.7 Å². The summed E-state index contributed by atoms with van der Waals surface area (Å²) >= 11 is 0. The van der Waals surface area contributed by atoms with Gasteiger partial charge in [-0.2, -0.15) is 0 Å². The Morgan fingerprint density at radius 1 is 1.25 bits per heavy atom. The summed E-state index contributed by atoms with van der Waals surface area (Å²) in [6.45, 7) is 3.32. The molecule has 1 fully saturated rings. The zero-order valence-corrected chi connectivity index (χ0v) is 10.6. The summed E-state index contributed by atoms with van der Waals surface area (Å²) in [5.41, 5.74) is 0. The highest BCUT2D eigenvalue weighted by Gasteiger charge is 2.21. The number of nitrogens with one attached hydrogen (secondary N) is 1. The van der Waals surface area contributed by atoms with Gasteiger partial charge in [-0.1, -0.05) is 12.8 Å². The third-order valence-corrected chi connectivity index (χ3v) is 3.07. The van der Waals surface area contributed by atoms with Gasteiger partial charge in [0, 0.05) is 19.1 Å². The van der Waals surface area contributed by atoms with Crippen LogP contribution < -0.4 is 5.32 Å². The first-order valence-electron chi connectivity index (χ1n) is 6.34. The van der Waals surface area contributed by atoms with E-state index in [1.54, 1.807) is 0 Å². The molecule has 0 saturated heterocycles. The van der Waals surface area contributed by atoms with Gasteiger partial charge in [-0.25, -0.2) is 0 Å². The van der Waals surface area contributed by atoms with E-state index in [9.17, 15) is 5.11 Å². The highest BCUT2D eigenvalue weighted by molar-refractivity contribution is 4.79. The van der Waals surface area contributed by atoms with Gasteiger partial charge in [0.25, 0.3) is 0 Å². The summed E-state index contributed by atoms with van der Waals surface area (Å²) in [4.78, 5) is 2.11. The average molecular weight is 230 g/mol. The lowest BCUT2D eigenvalue weighted by atomic mass is 9.93. The molecule has 0 bridgehead atoms. The van der Waals surface area contributed by atoms with Crippen LogP contribution in [0.25, 0.3) is 0 Å². The molecule has 0 unspecified atom stereocenters. The average Bonchev–Trinajstić information content (AvgIpc) is 2.25. The third-order valence-electron chi connectivity index (χ3n) is 3.07. The molecular formula is C12H26N2O2. The van der Waals surface area contributed by atoms with Crippen molar-refractivity contribution in [1.29, 1.82) is 0 Å². The molecule has 0 aliphatic heterocycles. The van der Waals surface area contributed by atoms with E-state index in [1.165, 1.54) is 12.8 Å². The fraction of sp³-hybridized carbons (Fsp3) is 1.00. The molecule has 4 nitrogen and oxygen atoms in total. The molecule has 0 aromatic rings. The highest BCUT2D eigenvalue weighted by atomic mass is 16.5. The lowest BCUT2D eigenvalue weighted by molar-refractivity contribution is 0.0777. The fourth-order valence-corrected chi connectivity index (χ4v) is 2.02. The Labute approximate surface area is 99.0 Å². The van der Waals surface area contributed by atoms with Gasteiger partial charge < -0.3 is 20.1 Å². The Morgan fingerprint density at radius 3 is 2.69 bits per heavy atom. The molecule has 1 saturated carbocycles. The van der Waals surface area contributed by atoms with E-state index in [2.05, 4.69) is 10.2 Å². The number of aliphatic hydroxyl groups is 1. The first-order valence-corrected chi connectivity index (χ1v) is 6.34. The van der Waals surface area contributed by atoms with Crippen LogP contribution in [0.15, 0.2) is 0 Å². The number of ether oxygens (including phenoxy) is 1. The van der Waals surface area contributed by atoms with Gasteiger partial charge >= 0.3 is 0 Å². The molecule has 0 aromatic carbocycles. The zero-order chi connectivity index (χ0) is 11.8. The molecule has 0 spiro atoms. The lowest BCUT2D eigenvalue weighted by Crippen LogP contribution is -2.43. The van der Waals surface area contributed by atoms with Crippen LogP contribution in [0.4, 0.5) is 0 Å². The lowest BCUT2D eigenvalue weighted by Gasteiger charge is -2.28. The molecule has 1 aliphatic carbocycles. The molecule has 0 aromatic heterocycles. The molecule has 2 atom stereocenters. The van der Waals surface area contributed by atoms with Crippen molar-refractivity contribution in [2.45, 2.75) is 37.8 Å². The maximum atomic E-state index is 9.73. The van der Waals surface area contributed by atoms with Crippen LogP contribution >= 0.6 is 0 Å². The van der Waals surface area contributed by atoms with Crippen LogP contribution in [0.5, 0.6) is 0 Å². The van der Waals surface area contributed by atoms with Crippen LogP contribution in [0.2, 0.25) is 0 Å². The fourth-order valence-electron chi connectivity index (χ4n) is 2.02. The third kappa shape index (κ3) is 5.80. The Bertz CT molecular complexity index is 176. The van der Waals surface area contributed by atoms with Gasteiger partial charge in [-0.15, -0.1) is 0 Å². The molecule has 0 amide bonds. The van der Waals surface area contributed by atoms with E-state index in [1.807, 2.05) is 14.1 Å². The number of hydrogen-bond acceptors (Lipinski definition) is 4. The summed E-state index contributed by atoms with van der Waals surface area (Å²) in [5.74, 6) is 0. The van der Waals surface area contributed by atoms with Gasteiger partial charge in [-0.3, -0.25) is 0 Å². The number of nitrogens with zero attached hydrogens (tertiary/aromatic N) is 1. The van der Waals surface area contributed by atoms with Crippen molar-refractivity contribution in [2.75, 3.05) is 40.4 Å². The minimum atomic E-state index is -0.157. The summed E-state index contributed by atoms with van der Waals surface area (Å²) in [6.07, 6.45) is 4.28. The summed E-state index contributed by atoms with van der Waals surface area (Å²) < 4.78 is 5.48. The minimum absolute atomic E-state index is 0.157. The Morgan fingerprint density at radius 2 is 2.00 bits per heavy atom. The normalized spacial score (nSPS) is 26.2. The van der Waals surface area contributed by atoms with Gasteiger partial charge in [0.15, 0.2) is 0 Å². The summed E-state index contributed by atoms with van der Waals surface area (Å²) in [5, 5.41) is 13.1. The zero-order valence-electron chi connectivity index (χ0n) is 10.6. The van der Waals surface area contributed by atoms with Crippen LogP contribution in [-0.2, 0) is 4.74 Å². The van der Waals surface area contributed by atoms with E-state index in [-0.39, 0.29) is 12.1 Å². The first kappa shape index (κ1) is 13.9. The SMILES string of the molecule is CN(C)CCOCCN[C@@H]1CCCC[C@H]1O. The maximum Gasteiger partial charge on any atom is 0.0693 e. The number of rotatable bonds is 7. The molecule has 0 heterocycles. The van der Waals surface area contributed by atoms with Crippen LogP contribution in [-0.4, -0.2) is 62.6 Å². The van der Waals surface area contributed by atoms with E-state index in [0.29, 0.717) is 0 Å². The molecule has 16 heavy (non-hydrogen) atoms. The summed E-state index contributed by atoms with van der Waals surface area (Å²) in [7, 11) is 4.08. The first-order chi connectivity index (χ1) is 7.70. The van der Waals surface area contributed by atoms with Gasteiger partial charge in [0.2, 0.25) is 0 Å². The molecule has 1 aliphatic rings. The minimum Gasteiger partial charge on any atom is -0.392 e. The van der Waals surface area contributed by atoms with E-state index in [0.717, 1.165) is 39.1 Å². The van der Waals surface area contributed by atoms with E-state index < -0.39 is 0 Å². The van der Waals surface area contributed by atoms with Gasteiger partial charge in [-0.05, 0) is 26.9 Å². The van der Waals surface area contributed by atoms with Gasteiger partial charge in [0.05, 0.1) is 19.3 Å². The highest BCUT2D eigenvalue weighted by Crippen LogP contribution is 2.17. The molecule has 2 N–H and O–H groups in total. The van der Waals surface area contributed by atoms with Crippen LogP contribution in [0, 0.1) is 0 Å². The van der Waals surface area contributed by atoms with Crippen molar-refractivity contribution in [3.8, 4) is 0 Å². The molecular weight excluding hydrogens is 204 g/mol. The van der Waals surface area contributed by atoms with Crippen molar-refractivity contribution in [2.24, 2.45) is 0 Å². The number of hydrogen-bond donors (Lipinski definition) is 2. The van der Waals surface area contributed by atoms with Gasteiger partial charge in [0.1, 0.15) is 0 Å². The maximum absolute atomic E-state index is 9.73. The Hall–Kier alpha value is -0.160. The smallest absolute Gasteiger partial charge is 0.0693 e. The van der Waals surface area contributed by atoms with Crippen LogP contribution in [0.3, 0.4) is 0 Å². The second kappa shape index (κ2) is 8.01. The molecule has 1 rings (SSSR count). The van der Waals surface area contributed by atoms with Crippen molar-refractivity contribution < 1.29 is 9.84 Å².